The summed E-state index contributed by atoms with van der Waals surface area (Å²) < 4.78 is 21.6. The number of methoxy groups -OCH3 is 4. The number of hydrogen-bond acceptors (Lipinski definition) is 7. The average molecular weight is 456 g/mol. The summed E-state index contributed by atoms with van der Waals surface area (Å²) in [5.74, 6) is 1.89. The highest BCUT2D eigenvalue weighted by atomic mass is 16.5. The van der Waals surface area contributed by atoms with Crippen LogP contribution in [-0.4, -0.2) is 69.5 Å². The molecule has 9 heteroatoms. The number of amides is 2. The Morgan fingerprint density at radius 1 is 0.970 bits per heavy atom. The van der Waals surface area contributed by atoms with Crippen molar-refractivity contribution in [2.45, 2.75) is 19.4 Å². The number of benzene rings is 2. The van der Waals surface area contributed by atoms with Crippen LogP contribution in [0.4, 0.5) is 0 Å². The van der Waals surface area contributed by atoms with Crippen molar-refractivity contribution in [3.05, 3.63) is 47.5 Å². The van der Waals surface area contributed by atoms with Crippen molar-refractivity contribution in [2.75, 3.05) is 42.0 Å². The fourth-order valence-corrected chi connectivity index (χ4v) is 3.65. The molecule has 0 radical (unpaired) electrons. The van der Waals surface area contributed by atoms with Crippen LogP contribution >= 0.6 is 0 Å². The van der Waals surface area contributed by atoms with Crippen LogP contribution in [0.2, 0.25) is 0 Å². The first-order chi connectivity index (χ1) is 15.8. The second-order valence-corrected chi connectivity index (χ2v) is 7.56. The van der Waals surface area contributed by atoms with Gasteiger partial charge in [0.2, 0.25) is 5.91 Å². The Labute approximate surface area is 193 Å². The molecule has 0 spiro atoms. The molecule has 0 N–H and O–H groups in total. The number of ether oxygens (including phenoxy) is 4. The molecule has 0 fully saturated rings. The maximum Gasteiger partial charge on any atom is 0.262 e. The summed E-state index contributed by atoms with van der Waals surface area (Å²) in [7, 11) is 7.87. The predicted molar refractivity (Wildman–Crippen MR) is 123 cm³/mol. The normalized spacial score (nSPS) is 15.0. The topological polar surface area (TPSA) is 89.9 Å². The molecular formula is C24H29N3O6. The van der Waals surface area contributed by atoms with E-state index >= 15 is 0 Å². The van der Waals surface area contributed by atoms with Gasteiger partial charge < -0.3 is 23.8 Å². The number of hydrazone groups is 1. The van der Waals surface area contributed by atoms with Gasteiger partial charge in [-0.1, -0.05) is 6.07 Å². The molecule has 0 saturated heterocycles. The standard InChI is InChI=1S/C24H29N3O6/c1-15(28)26(2)14-24(29)27-20(16-7-10-21(31-4)23(11-16)33-6)13-19(25-27)18-9-8-17(30-3)12-22(18)32-5/h7-12,20H,13-14H2,1-6H3/t20-/m1/s1. The lowest BCUT2D eigenvalue weighted by molar-refractivity contribution is -0.139. The van der Waals surface area contributed by atoms with Gasteiger partial charge in [0.15, 0.2) is 11.5 Å². The van der Waals surface area contributed by atoms with E-state index in [4.69, 9.17) is 18.9 Å². The average Bonchev–Trinajstić information content (AvgIpc) is 3.28. The molecule has 0 bridgehead atoms. The van der Waals surface area contributed by atoms with Crippen molar-refractivity contribution in [1.82, 2.24) is 9.91 Å². The molecule has 176 valence electrons. The third-order valence-corrected chi connectivity index (χ3v) is 5.59. The molecule has 9 nitrogen and oxygen atoms in total. The Morgan fingerprint density at radius 3 is 2.27 bits per heavy atom. The highest BCUT2D eigenvalue weighted by molar-refractivity contribution is 6.05. The van der Waals surface area contributed by atoms with E-state index in [1.807, 2.05) is 24.3 Å². The molecule has 1 aliphatic rings. The lowest BCUT2D eigenvalue weighted by atomic mass is 9.97. The highest BCUT2D eigenvalue weighted by Gasteiger charge is 2.35. The summed E-state index contributed by atoms with van der Waals surface area (Å²) in [6, 6.07) is 10.6. The third-order valence-electron chi connectivity index (χ3n) is 5.59. The molecule has 0 saturated carbocycles. The summed E-state index contributed by atoms with van der Waals surface area (Å²) in [6.07, 6.45) is 0.452. The van der Waals surface area contributed by atoms with Gasteiger partial charge in [-0.05, 0) is 29.8 Å². The fraction of sp³-hybridized carbons (Fsp3) is 0.375. The highest BCUT2D eigenvalue weighted by Crippen LogP contribution is 2.39. The van der Waals surface area contributed by atoms with Crippen LogP contribution < -0.4 is 18.9 Å². The number of hydrogen-bond donors (Lipinski definition) is 0. The summed E-state index contributed by atoms with van der Waals surface area (Å²) in [6.45, 7) is 1.33. The van der Waals surface area contributed by atoms with Crippen molar-refractivity contribution >= 4 is 17.5 Å². The number of nitrogens with zero attached hydrogens (tertiary/aromatic N) is 3. The molecule has 1 atom stereocenters. The molecule has 33 heavy (non-hydrogen) atoms. The van der Waals surface area contributed by atoms with E-state index in [0.717, 1.165) is 11.1 Å². The van der Waals surface area contributed by atoms with Crippen molar-refractivity contribution < 1.29 is 28.5 Å². The summed E-state index contributed by atoms with van der Waals surface area (Å²) >= 11 is 0. The van der Waals surface area contributed by atoms with Crippen LogP contribution in [0, 0.1) is 0 Å². The van der Waals surface area contributed by atoms with E-state index in [0.29, 0.717) is 35.1 Å². The van der Waals surface area contributed by atoms with Crippen molar-refractivity contribution in [3.63, 3.8) is 0 Å². The summed E-state index contributed by atoms with van der Waals surface area (Å²) in [5.41, 5.74) is 2.28. The van der Waals surface area contributed by atoms with Crippen LogP contribution in [0.1, 0.15) is 30.5 Å². The molecule has 2 aromatic rings. The molecule has 2 aromatic carbocycles. The first-order valence-electron chi connectivity index (χ1n) is 10.4. The second-order valence-electron chi connectivity index (χ2n) is 7.56. The third kappa shape index (κ3) is 5.02. The fourth-order valence-electron chi connectivity index (χ4n) is 3.65. The van der Waals surface area contributed by atoms with Crippen molar-refractivity contribution in [3.8, 4) is 23.0 Å². The van der Waals surface area contributed by atoms with E-state index in [1.54, 1.807) is 47.6 Å². The van der Waals surface area contributed by atoms with Crippen LogP contribution in [-0.2, 0) is 9.59 Å². The van der Waals surface area contributed by atoms with Gasteiger partial charge >= 0.3 is 0 Å². The van der Waals surface area contributed by atoms with E-state index in [9.17, 15) is 9.59 Å². The number of likely N-dealkylation sites (N-methyl/N-ethyl adjacent to an activating group) is 1. The zero-order chi connectivity index (χ0) is 24.1. The maximum absolute atomic E-state index is 13.2. The first kappa shape index (κ1) is 23.9. The Morgan fingerprint density at radius 2 is 1.67 bits per heavy atom. The van der Waals surface area contributed by atoms with Crippen molar-refractivity contribution in [2.24, 2.45) is 5.10 Å². The Kier molecular flexibility index (Phi) is 7.42. The van der Waals surface area contributed by atoms with Gasteiger partial charge in [0.25, 0.3) is 5.91 Å². The van der Waals surface area contributed by atoms with Crippen LogP contribution in [0.25, 0.3) is 0 Å². The van der Waals surface area contributed by atoms with Crippen molar-refractivity contribution in [1.29, 1.82) is 0 Å². The SMILES string of the molecule is COc1ccc(C2=NN(C(=O)CN(C)C(C)=O)[C@@H](c3ccc(OC)c(OC)c3)C2)c(OC)c1. The molecular weight excluding hydrogens is 426 g/mol. The molecule has 3 rings (SSSR count). The number of rotatable bonds is 8. The largest absolute Gasteiger partial charge is 0.497 e. The minimum atomic E-state index is -0.389. The predicted octanol–water partition coefficient (Wildman–Crippen LogP) is 2.88. The van der Waals surface area contributed by atoms with Gasteiger partial charge in [0, 0.05) is 32.0 Å². The molecule has 0 unspecified atom stereocenters. The first-order valence-corrected chi connectivity index (χ1v) is 10.4. The maximum atomic E-state index is 13.2. The summed E-state index contributed by atoms with van der Waals surface area (Å²) in [4.78, 5) is 26.2. The van der Waals surface area contributed by atoms with Gasteiger partial charge in [-0.3, -0.25) is 9.59 Å². The van der Waals surface area contributed by atoms with Gasteiger partial charge in [-0.2, -0.15) is 5.10 Å². The smallest absolute Gasteiger partial charge is 0.262 e. The van der Waals surface area contributed by atoms with Gasteiger partial charge in [-0.25, -0.2) is 5.01 Å². The molecule has 2 amide bonds. The van der Waals surface area contributed by atoms with E-state index in [1.165, 1.54) is 16.8 Å². The minimum Gasteiger partial charge on any atom is -0.497 e. The van der Waals surface area contributed by atoms with Crippen LogP contribution in [0.15, 0.2) is 41.5 Å². The quantitative estimate of drug-likeness (QED) is 0.608. The lowest BCUT2D eigenvalue weighted by Gasteiger charge is -2.25. The van der Waals surface area contributed by atoms with E-state index < -0.39 is 0 Å². The molecule has 0 aliphatic carbocycles. The molecule has 1 aliphatic heterocycles. The van der Waals surface area contributed by atoms with Gasteiger partial charge in [0.1, 0.15) is 18.0 Å². The Balaban J connectivity index is 2.03. The number of carbonyl (C=O) groups is 2. The van der Waals surface area contributed by atoms with Gasteiger partial charge in [0.05, 0.1) is 40.2 Å². The van der Waals surface area contributed by atoms with E-state index in [-0.39, 0.29) is 24.4 Å². The number of carbonyl (C=O) groups excluding carboxylic acids is 2. The van der Waals surface area contributed by atoms with Crippen LogP contribution in [0.5, 0.6) is 23.0 Å². The second kappa shape index (κ2) is 10.2. The Bertz CT molecular complexity index is 1070. The monoisotopic (exact) mass is 455 g/mol. The minimum absolute atomic E-state index is 0.0876. The zero-order valence-corrected chi connectivity index (χ0v) is 19.7. The lowest BCUT2D eigenvalue weighted by Crippen LogP contribution is -2.38. The Hall–Kier alpha value is -3.75. The molecule has 0 aromatic heterocycles. The zero-order valence-electron chi connectivity index (χ0n) is 19.7. The van der Waals surface area contributed by atoms with E-state index in [2.05, 4.69) is 5.10 Å². The molecule has 1 heterocycles. The van der Waals surface area contributed by atoms with Crippen LogP contribution in [0.3, 0.4) is 0 Å². The summed E-state index contributed by atoms with van der Waals surface area (Å²) in [5, 5.41) is 6.09. The van der Waals surface area contributed by atoms with Gasteiger partial charge in [-0.15, -0.1) is 0 Å².